The lowest BCUT2D eigenvalue weighted by Gasteiger charge is -2.16. The molecule has 0 radical (unpaired) electrons. The maximum atomic E-state index is 11.7. The van der Waals surface area contributed by atoms with E-state index in [9.17, 15) is 14.4 Å². The van der Waals surface area contributed by atoms with Crippen LogP contribution in [0.1, 0.15) is 18.7 Å². The number of nitrogens with zero attached hydrogens (tertiary/aromatic N) is 1. The molecule has 0 spiro atoms. The number of rotatable bonds is 3. The molecule has 2 heterocycles. The second-order valence-electron chi connectivity index (χ2n) is 4.23. The van der Waals surface area contributed by atoms with Gasteiger partial charge < -0.3 is 9.47 Å². The summed E-state index contributed by atoms with van der Waals surface area (Å²) in [5, 5.41) is 0. The third kappa shape index (κ3) is 4.19. The van der Waals surface area contributed by atoms with Crippen molar-refractivity contribution in [3.05, 3.63) is 44.8 Å². The number of esters is 1. The summed E-state index contributed by atoms with van der Waals surface area (Å²) in [5.41, 5.74) is -0.543. The van der Waals surface area contributed by atoms with Gasteiger partial charge >= 0.3 is 11.7 Å². The summed E-state index contributed by atoms with van der Waals surface area (Å²) in [7, 11) is 0. The van der Waals surface area contributed by atoms with Crippen molar-refractivity contribution >= 4 is 5.97 Å². The first-order chi connectivity index (χ1) is 9.97. The van der Waals surface area contributed by atoms with Gasteiger partial charge in [-0.2, -0.15) is 0 Å². The largest absolute Gasteiger partial charge is 0.463 e. The van der Waals surface area contributed by atoms with Crippen LogP contribution in [0.15, 0.2) is 27.9 Å². The molecule has 0 unspecified atom stereocenters. The first-order valence-corrected chi connectivity index (χ1v) is 6.10. The van der Waals surface area contributed by atoms with Crippen molar-refractivity contribution < 1.29 is 14.3 Å². The van der Waals surface area contributed by atoms with E-state index < -0.39 is 29.6 Å². The molecule has 0 aliphatic carbocycles. The second kappa shape index (κ2) is 7.26. The molecule has 112 valence electrons. The first-order valence-electron chi connectivity index (χ1n) is 6.10. The number of aryl methyl sites for hydroxylation is 1. The zero-order chi connectivity index (χ0) is 16.0. The van der Waals surface area contributed by atoms with Crippen LogP contribution in [0.2, 0.25) is 0 Å². The fourth-order valence-corrected chi connectivity index (χ4v) is 1.72. The van der Waals surface area contributed by atoms with E-state index in [-0.39, 0.29) is 6.61 Å². The lowest BCUT2D eigenvalue weighted by atomic mass is 10.3. The molecule has 21 heavy (non-hydrogen) atoms. The zero-order valence-electron chi connectivity index (χ0n) is 11.7. The summed E-state index contributed by atoms with van der Waals surface area (Å²) < 4.78 is 11.6. The van der Waals surface area contributed by atoms with Crippen molar-refractivity contribution in [2.24, 2.45) is 0 Å². The van der Waals surface area contributed by atoms with Crippen LogP contribution in [0.25, 0.3) is 0 Å². The standard InChI is InChI=1S/C12H14N2O5.C2H2/c1-7-5-14(12(17)13-11(7)16)10-4-3-9(19-10)6-18-8(2)15;1-2/h3-5,9-10H,6H2,1-2H3,(H,13,16,17);1-2H/t9-,10+;/m0./s1. The Labute approximate surface area is 121 Å². The second-order valence-corrected chi connectivity index (χ2v) is 4.23. The zero-order valence-corrected chi connectivity index (χ0v) is 11.7. The topological polar surface area (TPSA) is 90.4 Å². The highest BCUT2D eigenvalue weighted by Gasteiger charge is 2.22. The van der Waals surface area contributed by atoms with Gasteiger partial charge in [0.05, 0.1) is 0 Å². The smallest absolute Gasteiger partial charge is 0.330 e. The van der Waals surface area contributed by atoms with Gasteiger partial charge in [0, 0.05) is 18.7 Å². The molecule has 2 atom stereocenters. The Kier molecular flexibility index (Phi) is 5.69. The van der Waals surface area contributed by atoms with E-state index in [4.69, 9.17) is 9.47 Å². The van der Waals surface area contributed by atoms with E-state index in [1.165, 1.54) is 17.7 Å². The molecule has 0 saturated carbocycles. The molecule has 1 aromatic heterocycles. The number of ether oxygens (including phenoxy) is 2. The van der Waals surface area contributed by atoms with Crippen molar-refractivity contribution in [3.63, 3.8) is 0 Å². The molecule has 1 aromatic rings. The Balaban J connectivity index is 0.00000106. The summed E-state index contributed by atoms with van der Waals surface area (Å²) >= 11 is 0. The average molecular weight is 292 g/mol. The highest BCUT2D eigenvalue weighted by Crippen LogP contribution is 2.19. The van der Waals surface area contributed by atoms with Crippen LogP contribution in [0.5, 0.6) is 0 Å². The summed E-state index contributed by atoms with van der Waals surface area (Å²) in [5.74, 6) is -0.391. The molecule has 0 fully saturated rings. The molecular weight excluding hydrogens is 276 g/mol. The van der Waals surface area contributed by atoms with Crippen molar-refractivity contribution in [2.75, 3.05) is 6.61 Å². The number of aromatic nitrogens is 2. The van der Waals surface area contributed by atoms with Gasteiger partial charge in [0.15, 0.2) is 6.23 Å². The molecule has 1 N–H and O–H groups in total. The Morgan fingerprint density at radius 1 is 1.43 bits per heavy atom. The highest BCUT2D eigenvalue weighted by molar-refractivity contribution is 5.65. The molecule has 0 aromatic carbocycles. The van der Waals surface area contributed by atoms with Crippen LogP contribution in [0.3, 0.4) is 0 Å². The minimum atomic E-state index is -0.608. The number of hydrogen-bond acceptors (Lipinski definition) is 5. The molecular formula is C14H16N2O5. The van der Waals surface area contributed by atoms with Gasteiger partial charge in [-0.3, -0.25) is 19.1 Å². The molecule has 7 heteroatoms. The van der Waals surface area contributed by atoms with Crippen LogP contribution in [0, 0.1) is 19.8 Å². The number of nitrogens with one attached hydrogen (secondary N) is 1. The number of carbonyl (C=O) groups is 1. The quantitative estimate of drug-likeness (QED) is 0.485. The van der Waals surface area contributed by atoms with Crippen LogP contribution in [-0.4, -0.2) is 28.2 Å². The SMILES string of the molecule is C#C.CC(=O)OC[C@@H]1C=C[C@H](n2cc(C)c(=O)[nH]c2=O)O1. The lowest BCUT2D eigenvalue weighted by Crippen LogP contribution is -2.33. The average Bonchev–Trinajstić information content (AvgIpc) is 2.91. The third-order valence-electron chi connectivity index (χ3n) is 2.68. The van der Waals surface area contributed by atoms with Gasteiger partial charge in [-0.1, -0.05) is 6.08 Å². The normalized spacial score (nSPS) is 19.6. The van der Waals surface area contributed by atoms with Crippen molar-refractivity contribution in [1.29, 1.82) is 0 Å². The number of terminal acetylenes is 1. The first kappa shape index (κ1) is 16.5. The minimum absolute atomic E-state index is 0.0966. The third-order valence-corrected chi connectivity index (χ3v) is 2.68. The molecule has 1 aliphatic rings. The van der Waals surface area contributed by atoms with Crippen molar-refractivity contribution in [2.45, 2.75) is 26.2 Å². The number of H-pyrrole nitrogens is 1. The molecule has 0 saturated heterocycles. The molecule has 1 aliphatic heterocycles. The van der Waals surface area contributed by atoms with E-state index in [2.05, 4.69) is 17.8 Å². The van der Waals surface area contributed by atoms with E-state index >= 15 is 0 Å². The fraction of sp³-hybridized carbons (Fsp3) is 0.357. The summed E-state index contributed by atoms with van der Waals surface area (Å²) in [6.07, 6.45) is 11.8. The van der Waals surface area contributed by atoms with Gasteiger partial charge in [0.1, 0.15) is 12.7 Å². The number of aromatic amines is 1. The monoisotopic (exact) mass is 292 g/mol. The lowest BCUT2D eigenvalue weighted by molar-refractivity contribution is -0.145. The van der Waals surface area contributed by atoms with Crippen molar-refractivity contribution in [1.82, 2.24) is 9.55 Å². The molecule has 0 bridgehead atoms. The van der Waals surface area contributed by atoms with Crippen molar-refractivity contribution in [3.8, 4) is 12.8 Å². The number of hydrogen-bond donors (Lipinski definition) is 1. The maximum Gasteiger partial charge on any atom is 0.330 e. The Bertz CT molecular complexity index is 668. The summed E-state index contributed by atoms with van der Waals surface area (Å²) in [4.78, 5) is 35.8. The van der Waals surface area contributed by atoms with Gasteiger partial charge in [0.2, 0.25) is 0 Å². The van der Waals surface area contributed by atoms with Gasteiger partial charge in [0.25, 0.3) is 5.56 Å². The summed E-state index contributed by atoms with van der Waals surface area (Å²) in [6.45, 7) is 3.01. The predicted molar refractivity (Wildman–Crippen MR) is 75.6 cm³/mol. The molecule has 7 nitrogen and oxygen atoms in total. The Hall–Kier alpha value is -2.59. The fourth-order valence-electron chi connectivity index (χ4n) is 1.72. The summed E-state index contributed by atoms with van der Waals surface area (Å²) in [6, 6.07) is 0. The van der Waals surface area contributed by atoms with E-state index in [1.54, 1.807) is 19.1 Å². The van der Waals surface area contributed by atoms with Crippen LogP contribution >= 0.6 is 0 Å². The van der Waals surface area contributed by atoms with Crippen LogP contribution in [0.4, 0.5) is 0 Å². The minimum Gasteiger partial charge on any atom is -0.463 e. The highest BCUT2D eigenvalue weighted by atomic mass is 16.6. The Morgan fingerprint density at radius 2 is 2.10 bits per heavy atom. The van der Waals surface area contributed by atoms with Crippen LogP contribution in [-0.2, 0) is 14.3 Å². The predicted octanol–water partition coefficient (Wildman–Crippen LogP) is 0.111. The Morgan fingerprint density at radius 3 is 2.71 bits per heavy atom. The van der Waals surface area contributed by atoms with E-state index in [0.717, 1.165) is 0 Å². The van der Waals surface area contributed by atoms with Gasteiger partial charge in [-0.05, 0) is 13.0 Å². The van der Waals surface area contributed by atoms with Gasteiger partial charge in [-0.15, -0.1) is 12.8 Å². The van der Waals surface area contributed by atoms with Crippen LogP contribution < -0.4 is 11.2 Å². The van der Waals surface area contributed by atoms with E-state index in [1.807, 2.05) is 0 Å². The molecule has 0 amide bonds. The van der Waals surface area contributed by atoms with Gasteiger partial charge in [-0.25, -0.2) is 4.79 Å². The number of carbonyl (C=O) groups excluding carboxylic acids is 1. The molecule has 2 rings (SSSR count). The maximum absolute atomic E-state index is 11.7. The van der Waals surface area contributed by atoms with E-state index in [0.29, 0.717) is 5.56 Å².